The topological polar surface area (TPSA) is 40.0 Å². The highest BCUT2D eigenvalue weighted by Gasteiger charge is 2.15. The van der Waals surface area contributed by atoms with Gasteiger partial charge in [0.25, 0.3) is 0 Å². The van der Waals surface area contributed by atoms with E-state index in [1.165, 1.54) is 0 Å². The molecule has 0 unspecified atom stereocenters. The van der Waals surface area contributed by atoms with Crippen molar-refractivity contribution in [1.29, 1.82) is 0 Å². The minimum Gasteiger partial charge on any atom is -0.497 e. The molecule has 3 rings (SSSR count). The van der Waals surface area contributed by atoms with Gasteiger partial charge in [-0.2, -0.15) is 0 Å². The fraction of sp³-hybridized carbons (Fsp3) is 0.316. The summed E-state index contributed by atoms with van der Waals surface area (Å²) in [6, 6.07) is 11.5. The Morgan fingerprint density at radius 3 is 2.79 bits per heavy atom. The van der Waals surface area contributed by atoms with Gasteiger partial charge in [-0.25, -0.2) is 0 Å². The van der Waals surface area contributed by atoms with Crippen molar-refractivity contribution >= 4 is 17.3 Å². The summed E-state index contributed by atoms with van der Waals surface area (Å²) in [4.78, 5) is 4.82. The van der Waals surface area contributed by atoms with Crippen molar-refractivity contribution in [2.45, 2.75) is 19.4 Å². The van der Waals surface area contributed by atoms with E-state index in [1.54, 1.807) is 14.2 Å². The molecule has 1 aliphatic rings. The van der Waals surface area contributed by atoms with Gasteiger partial charge in [0.2, 0.25) is 0 Å². The molecule has 0 saturated carbocycles. The molecule has 5 heteroatoms. The molecule has 0 aromatic heterocycles. The number of methoxy groups -OCH3 is 2. The highest BCUT2D eigenvalue weighted by Crippen LogP contribution is 2.29. The van der Waals surface area contributed by atoms with Crippen LogP contribution < -0.4 is 14.2 Å². The van der Waals surface area contributed by atoms with Crippen molar-refractivity contribution in [3.63, 3.8) is 0 Å². The molecule has 0 saturated heterocycles. The summed E-state index contributed by atoms with van der Waals surface area (Å²) in [5.74, 6) is 2.35. The first kappa shape index (κ1) is 16.7. The standard InChI is InChI=1S/C19H20ClNO3/c1-22-15-7-5-13(18(11-15)23-2)12-21-17-4-3-9-24-19-10-14(20)6-8-16(17)19/h5-8,10-11H,3-4,9,12H2,1-2H3/b21-17-. The molecule has 0 fully saturated rings. The van der Waals surface area contributed by atoms with E-state index in [0.717, 1.165) is 46.9 Å². The molecule has 0 N–H and O–H groups in total. The van der Waals surface area contributed by atoms with E-state index < -0.39 is 0 Å². The van der Waals surface area contributed by atoms with Gasteiger partial charge in [0.1, 0.15) is 17.2 Å². The molecule has 2 aromatic rings. The molecule has 1 heterocycles. The minimum absolute atomic E-state index is 0.546. The number of nitrogens with zero attached hydrogens (tertiary/aromatic N) is 1. The number of fused-ring (bicyclic) bond motifs is 1. The van der Waals surface area contributed by atoms with E-state index in [2.05, 4.69) is 0 Å². The van der Waals surface area contributed by atoms with Crippen LogP contribution in [-0.2, 0) is 6.54 Å². The predicted octanol–water partition coefficient (Wildman–Crippen LogP) is 4.52. The molecule has 0 spiro atoms. The largest absolute Gasteiger partial charge is 0.497 e. The third-order valence-corrected chi connectivity index (χ3v) is 4.24. The van der Waals surface area contributed by atoms with Crippen LogP contribution in [0.25, 0.3) is 0 Å². The van der Waals surface area contributed by atoms with E-state index in [0.29, 0.717) is 18.2 Å². The lowest BCUT2D eigenvalue weighted by atomic mass is 10.1. The average molecular weight is 346 g/mol. The second kappa shape index (κ2) is 7.58. The third-order valence-electron chi connectivity index (χ3n) is 4.00. The molecule has 4 nitrogen and oxygen atoms in total. The zero-order chi connectivity index (χ0) is 16.9. The van der Waals surface area contributed by atoms with Crippen LogP contribution in [0.3, 0.4) is 0 Å². The molecule has 0 atom stereocenters. The summed E-state index contributed by atoms with van der Waals surface area (Å²) < 4.78 is 16.5. The second-order valence-corrected chi connectivity index (χ2v) is 5.97. The molecule has 0 amide bonds. The van der Waals surface area contributed by atoms with Crippen molar-refractivity contribution in [2.75, 3.05) is 20.8 Å². The van der Waals surface area contributed by atoms with Crippen LogP contribution in [-0.4, -0.2) is 26.5 Å². The molecule has 2 aromatic carbocycles. The van der Waals surface area contributed by atoms with Crippen molar-refractivity contribution in [3.05, 3.63) is 52.5 Å². The summed E-state index contributed by atoms with van der Waals surface area (Å²) in [6.07, 6.45) is 1.82. The van der Waals surface area contributed by atoms with Gasteiger partial charge in [-0.05, 0) is 43.2 Å². The smallest absolute Gasteiger partial charge is 0.129 e. The Morgan fingerprint density at radius 2 is 2.00 bits per heavy atom. The van der Waals surface area contributed by atoms with Gasteiger partial charge in [-0.1, -0.05) is 11.6 Å². The van der Waals surface area contributed by atoms with Gasteiger partial charge in [0, 0.05) is 27.9 Å². The second-order valence-electron chi connectivity index (χ2n) is 5.53. The van der Waals surface area contributed by atoms with Crippen molar-refractivity contribution in [3.8, 4) is 17.2 Å². The zero-order valence-corrected chi connectivity index (χ0v) is 14.6. The monoisotopic (exact) mass is 345 g/mol. The Balaban J connectivity index is 1.90. The predicted molar refractivity (Wildman–Crippen MR) is 96.0 cm³/mol. The van der Waals surface area contributed by atoms with Crippen molar-refractivity contribution < 1.29 is 14.2 Å². The summed E-state index contributed by atoms with van der Waals surface area (Å²) in [7, 11) is 3.30. The molecule has 1 aliphatic heterocycles. The van der Waals surface area contributed by atoms with Gasteiger partial charge in [0.05, 0.1) is 27.4 Å². The van der Waals surface area contributed by atoms with E-state index in [-0.39, 0.29) is 0 Å². The third kappa shape index (κ3) is 3.65. The number of halogens is 1. The summed E-state index contributed by atoms with van der Waals surface area (Å²) in [6.45, 7) is 1.22. The Kier molecular flexibility index (Phi) is 5.26. The van der Waals surface area contributed by atoms with Crippen LogP contribution in [0, 0.1) is 0 Å². The van der Waals surface area contributed by atoms with Crippen LogP contribution in [0.4, 0.5) is 0 Å². The normalized spacial score (nSPS) is 15.4. The van der Waals surface area contributed by atoms with Gasteiger partial charge in [0.15, 0.2) is 0 Å². The van der Waals surface area contributed by atoms with Crippen LogP contribution in [0.2, 0.25) is 5.02 Å². The van der Waals surface area contributed by atoms with E-state index >= 15 is 0 Å². The zero-order valence-electron chi connectivity index (χ0n) is 13.8. The summed E-state index contributed by atoms with van der Waals surface area (Å²) >= 11 is 6.07. The maximum atomic E-state index is 6.07. The van der Waals surface area contributed by atoms with Crippen LogP contribution in [0.1, 0.15) is 24.0 Å². The Morgan fingerprint density at radius 1 is 1.12 bits per heavy atom. The highest BCUT2D eigenvalue weighted by molar-refractivity contribution is 6.30. The van der Waals surface area contributed by atoms with Crippen molar-refractivity contribution in [1.82, 2.24) is 0 Å². The number of rotatable bonds is 4. The quantitative estimate of drug-likeness (QED) is 0.818. The van der Waals surface area contributed by atoms with Gasteiger partial charge < -0.3 is 14.2 Å². The minimum atomic E-state index is 0.546. The van der Waals surface area contributed by atoms with Crippen LogP contribution in [0.5, 0.6) is 17.2 Å². The molecular weight excluding hydrogens is 326 g/mol. The number of hydrogen-bond acceptors (Lipinski definition) is 4. The van der Waals surface area contributed by atoms with Gasteiger partial charge in [-0.15, -0.1) is 0 Å². The van der Waals surface area contributed by atoms with Crippen LogP contribution in [0.15, 0.2) is 41.4 Å². The molecule has 0 bridgehead atoms. The fourth-order valence-electron chi connectivity index (χ4n) is 2.74. The Hall–Kier alpha value is -2.20. The first-order valence-corrected chi connectivity index (χ1v) is 8.26. The lowest BCUT2D eigenvalue weighted by Crippen LogP contribution is -2.01. The number of benzene rings is 2. The van der Waals surface area contributed by atoms with E-state index in [1.807, 2.05) is 36.4 Å². The summed E-state index contributed by atoms with van der Waals surface area (Å²) in [5.41, 5.74) is 3.08. The first-order chi connectivity index (χ1) is 11.7. The SMILES string of the molecule is COc1ccc(C/N=C2/CCCOc3cc(Cl)ccc32)c(OC)c1. The maximum Gasteiger partial charge on any atom is 0.129 e. The molecule has 24 heavy (non-hydrogen) atoms. The van der Waals surface area contributed by atoms with Crippen molar-refractivity contribution in [2.24, 2.45) is 4.99 Å². The number of ether oxygens (including phenoxy) is 3. The summed E-state index contributed by atoms with van der Waals surface area (Å²) in [5, 5.41) is 0.673. The Labute approximate surface area is 147 Å². The number of hydrogen-bond donors (Lipinski definition) is 0. The first-order valence-electron chi connectivity index (χ1n) is 7.88. The lowest BCUT2D eigenvalue weighted by Gasteiger charge is -2.11. The highest BCUT2D eigenvalue weighted by atomic mass is 35.5. The van der Waals surface area contributed by atoms with E-state index in [9.17, 15) is 0 Å². The fourth-order valence-corrected chi connectivity index (χ4v) is 2.90. The molecule has 0 aliphatic carbocycles. The molecular formula is C19H20ClNO3. The number of aliphatic imine (C=N–C) groups is 1. The van der Waals surface area contributed by atoms with E-state index in [4.69, 9.17) is 30.8 Å². The molecule has 126 valence electrons. The lowest BCUT2D eigenvalue weighted by molar-refractivity contribution is 0.318. The van der Waals surface area contributed by atoms with Gasteiger partial charge in [-0.3, -0.25) is 4.99 Å². The Bertz CT molecular complexity index is 758. The van der Waals surface area contributed by atoms with Crippen LogP contribution >= 0.6 is 11.6 Å². The average Bonchev–Trinajstić information content (AvgIpc) is 2.81. The maximum absolute atomic E-state index is 6.07. The van der Waals surface area contributed by atoms with Gasteiger partial charge >= 0.3 is 0 Å². The molecule has 0 radical (unpaired) electrons.